The van der Waals surface area contributed by atoms with Crippen molar-refractivity contribution in [3.8, 4) is 0 Å². The van der Waals surface area contributed by atoms with Crippen molar-refractivity contribution in [3.05, 3.63) is 0 Å². The molecule has 1 aliphatic rings. The second-order valence-electron chi connectivity index (χ2n) is 2.92. The zero-order valence-electron chi connectivity index (χ0n) is 6.69. The Morgan fingerprint density at radius 2 is 2.08 bits per heavy atom. The largest absolute Gasteiger partial charge is 0.418 e. The van der Waals surface area contributed by atoms with Crippen LogP contribution in [-0.2, 0) is 4.74 Å². The van der Waals surface area contributed by atoms with E-state index in [1.54, 1.807) is 0 Å². The van der Waals surface area contributed by atoms with Crippen LogP contribution in [0, 0.1) is 0 Å². The lowest BCUT2D eigenvalue weighted by molar-refractivity contribution is -0.263. The van der Waals surface area contributed by atoms with Crippen molar-refractivity contribution in [1.82, 2.24) is 5.01 Å². The summed E-state index contributed by atoms with van der Waals surface area (Å²) in [4.78, 5) is 0. The number of rotatable bonds is 1. The van der Waals surface area contributed by atoms with E-state index >= 15 is 0 Å². The average molecular weight is 184 g/mol. The van der Waals surface area contributed by atoms with Gasteiger partial charge in [-0.1, -0.05) is 0 Å². The van der Waals surface area contributed by atoms with E-state index < -0.39 is 11.8 Å². The second kappa shape index (κ2) is 2.86. The Bertz CT molecular complexity index is 173. The van der Waals surface area contributed by atoms with Crippen molar-refractivity contribution in [2.75, 3.05) is 20.2 Å². The van der Waals surface area contributed by atoms with Gasteiger partial charge in [0.05, 0.1) is 6.54 Å². The minimum atomic E-state index is -4.34. The summed E-state index contributed by atoms with van der Waals surface area (Å²) in [6, 6.07) is 0. The van der Waals surface area contributed by atoms with Gasteiger partial charge in [0.25, 0.3) is 0 Å². The number of hydrogen-bond donors (Lipinski definition) is 1. The summed E-state index contributed by atoms with van der Waals surface area (Å²) in [7, 11) is 1.06. The fraction of sp³-hybridized carbons (Fsp3) is 1.00. The van der Waals surface area contributed by atoms with Gasteiger partial charge in [0.2, 0.25) is 0 Å². The fourth-order valence-electron chi connectivity index (χ4n) is 1.32. The molecule has 1 fully saturated rings. The van der Waals surface area contributed by atoms with Crippen LogP contribution in [-0.4, -0.2) is 37.0 Å². The molecule has 3 nitrogen and oxygen atoms in total. The highest BCUT2D eigenvalue weighted by molar-refractivity contribution is 4.95. The maximum Gasteiger partial charge on any atom is 0.418 e. The second-order valence-corrected chi connectivity index (χ2v) is 2.92. The molecule has 12 heavy (non-hydrogen) atoms. The van der Waals surface area contributed by atoms with Crippen LogP contribution in [0.4, 0.5) is 13.2 Å². The summed E-state index contributed by atoms with van der Waals surface area (Å²) in [6.45, 7) is -0.0691. The Morgan fingerprint density at radius 1 is 1.50 bits per heavy atom. The molecule has 0 aromatic rings. The SMILES string of the molecule is COC1(C(F)(F)F)CCN(N)C1. The highest BCUT2D eigenvalue weighted by Gasteiger charge is 2.58. The Labute approximate surface area is 68.2 Å². The number of halogens is 3. The Kier molecular flexibility index (Phi) is 2.33. The maximum absolute atomic E-state index is 12.4. The number of nitrogens with zero attached hydrogens (tertiary/aromatic N) is 1. The van der Waals surface area contributed by atoms with Crippen molar-refractivity contribution in [3.63, 3.8) is 0 Å². The molecular formula is C6H11F3N2O. The summed E-state index contributed by atoms with van der Waals surface area (Å²) >= 11 is 0. The molecule has 1 heterocycles. The van der Waals surface area contributed by atoms with Gasteiger partial charge < -0.3 is 4.74 Å². The third kappa shape index (κ3) is 1.41. The Hall–Kier alpha value is -0.330. The number of nitrogens with two attached hydrogens (primary N) is 1. The van der Waals surface area contributed by atoms with E-state index in [-0.39, 0.29) is 19.5 Å². The fourth-order valence-corrected chi connectivity index (χ4v) is 1.32. The molecule has 72 valence electrons. The highest BCUT2D eigenvalue weighted by atomic mass is 19.4. The molecule has 1 rings (SSSR count). The smallest absolute Gasteiger partial charge is 0.367 e. The molecule has 1 unspecified atom stereocenters. The van der Waals surface area contributed by atoms with Gasteiger partial charge >= 0.3 is 6.18 Å². The Balaban J connectivity index is 2.78. The van der Waals surface area contributed by atoms with Gasteiger partial charge in [-0.15, -0.1) is 0 Å². The standard InChI is InChI=1S/C6H11F3N2O/c1-12-5(6(7,8)9)2-3-11(10)4-5/h2-4,10H2,1H3. The topological polar surface area (TPSA) is 38.5 Å². The summed E-state index contributed by atoms with van der Waals surface area (Å²) in [6.07, 6.45) is -4.43. The summed E-state index contributed by atoms with van der Waals surface area (Å²) in [5.41, 5.74) is -2.05. The molecule has 1 aliphatic heterocycles. The van der Waals surface area contributed by atoms with E-state index in [0.717, 1.165) is 12.1 Å². The van der Waals surface area contributed by atoms with Crippen molar-refractivity contribution in [1.29, 1.82) is 0 Å². The lowest BCUT2D eigenvalue weighted by Gasteiger charge is -2.29. The molecule has 0 spiro atoms. The number of methoxy groups -OCH3 is 1. The van der Waals surface area contributed by atoms with E-state index in [4.69, 9.17) is 5.84 Å². The zero-order valence-corrected chi connectivity index (χ0v) is 6.69. The van der Waals surface area contributed by atoms with E-state index in [1.807, 2.05) is 0 Å². The van der Waals surface area contributed by atoms with Gasteiger partial charge in [0, 0.05) is 20.1 Å². The van der Waals surface area contributed by atoms with E-state index in [0.29, 0.717) is 0 Å². The van der Waals surface area contributed by atoms with Gasteiger partial charge in [0.15, 0.2) is 5.60 Å². The average Bonchev–Trinajstić information content (AvgIpc) is 2.31. The molecule has 0 saturated carbocycles. The monoisotopic (exact) mass is 184 g/mol. The predicted molar refractivity (Wildman–Crippen MR) is 36.2 cm³/mol. The molecule has 0 radical (unpaired) electrons. The van der Waals surface area contributed by atoms with Crippen molar-refractivity contribution in [2.45, 2.75) is 18.2 Å². The molecular weight excluding hydrogens is 173 g/mol. The van der Waals surface area contributed by atoms with Crippen molar-refractivity contribution in [2.24, 2.45) is 5.84 Å². The third-order valence-electron chi connectivity index (χ3n) is 2.17. The quantitative estimate of drug-likeness (QED) is 0.603. The minimum Gasteiger partial charge on any atom is -0.367 e. The first-order chi connectivity index (χ1) is 5.41. The first-order valence-corrected chi connectivity index (χ1v) is 3.53. The molecule has 1 atom stereocenters. The van der Waals surface area contributed by atoms with Gasteiger partial charge in [-0.2, -0.15) is 13.2 Å². The lowest BCUT2D eigenvalue weighted by Crippen LogP contribution is -2.49. The predicted octanol–water partition coefficient (Wildman–Crippen LogP) is 0.513. The van der Waals surface area contributed by atoms with Crippen molar-refractivity contribution < 1.29 is 17.9 Å². The molecule has 2 N–H and O–H groups in total. The van der Waals surface area contributed by atoms with E-state index in [1.165, 1.54) is 0 Å². The molecule has 0 aromatic carbocycles. The molecule has 0 aromatic heterocycles. The molecule has 6 heteroatoms. The molecule has 1 saturated heterocycles. The molecule has 0 bridgehead atoms. The number of ether oxygens (including phenoxy) is 1. The Morgan fingerprint density at radius 3 is 2.25 bits per heavy atom. The van der Waals surface area contributed by atoms with E-state index in [9.17, 15) is 13.2 Å². The van der Waals surface area contributed by atoms with Crippen LogP contribution < -0.4 is 5.84 Å². The summed E-state index contributed by atoms with van der Waals surface area (Å²) in [5.74, 6) is 5.24. The van der Waals surface area contributed by atoms with Gasteiger partial charge in [-0.3, -0.25) is 5.84 Å². The van der Waals surface area contributed by atoms with Crippen LogP contribution in [0.15, 0.2) is 0 Å². The van der Waals surface area contributed by atoms with Gasteiger partial charge in [0.1, 0.15) is 0 Å². The lowest BCUT2D eigenvalue weighted by atomic mass is 10.0. The first-order valence-electron chi connectivity index (χ1n) is 3.53. The minimum absolute atomic E-state index is 0.0938. The zero-order chi connectivity index (χ0) is 9.41. The van der Waals surface area contributed by atoms with Crippen LogP contribution in [0.5, 0.6) is 0 Å². The van der Waals surface area contributed by atoms with Crippen LogP contribution in [0.25, 0.3) is 0 Å². The highest BCUT2D eigenvalue weighted by Crippen LogP contribution is 2.39. The van der Waals surface area contributed by atoms with Crippen LogP contribution in [0.1, 0.15) is 6.42 Å². The molecule has 0 aliphatic carbocycles. The number of hydrazine groups is 1. The third-order valence-corrected chi connectivity index (χ3v) is 2.17. The first kappa shape index (κ1) is 9.76. The van der Waals surface area contributed by atoms with E-state index in [2.05, 4.69) is 4.74 Å². The maximum atomic E-state index is 12.4. The summed E-state index contributed by atoms with van der Waals surface area (Å²) < 4.78 is 41.6. The number of alkyl halides is 3. The van der Waals surface area contributed by atoms with Crippen LogP contribution in [0.3, 0.4) is 0 Å². The van der Waals surface area contributed by atoms with Gasteiger partial charge in [-0.05, 0) is 0 Å². The number of hydrogen-bond acceptors (Lipinski definition) is 3. The normalized spacial score (nSPS) is 32.8. The summed E-state index contributed by atoms with van der Waals surface area (Å²) in [5, 5.41) is 1.12. The van der Waals surface area contributed by atoms with Crippen LogP contribution in [0.2, 0.25) is 0 Å². The van der Waals surface area contributed by atoms with Crippen LogP contribution >= 0.6 is 0 Å². The molecule has 0 amide bonds. The van der Waals surface area contributed by atoms with Gasteiger partial charge in [-0.25, -0.2) is 5.01 Å². The van der Waals surface area contributed by atoms with Crippen molar-refractivity contribution >= 4 is 0 Å².